The van der Waals surface area contributed by atoms with Crippen LogP contribution >= 0.6 is 22.6 Å². The number of carbonyl (C=O) groups excluding carboxylic acids is 1. The molecule has 2 aromatic carbocycles. The molecule has 98 valence electrons. The highest BCUT2D eigenvalue weighted by molar-refractivity contribution is 14.1. The van der Waals surface area contributed by atoms with Crippen molar-refractivity contribution < 1.29 is 13.2 Å². The molecule has 0 N–H and O–H groups in total. The zero-order valence-corrected chi connectivity index (χ0v) is 13.1. The maximum Gasteiger partial charge on any atom is 0.193 e. The van der Waals surface area contributed by atoms with Crippen molar-refractivity contribution >= 4 is 38.2 Å². The SMILES string of the molecule is CS(=O)(=O)c1ccc(C(=O)c2ccc(I)cc2)cc1. The maximum atomic E-state index is 12.2. The third kappa shape index (κ3) is 3.42. The Morgan fingerprint density at radius 1 is 0.895 bits per heavy atom. The van der Waals surface area contributed by atoms with Crippen molar-refractivity contribution in [3.63, 3.8) is 0 Å². The van der Waals surface area contributed by atoms with Crippen molar-refractivity contribution in [2.45, 2.75) is 4.90 Å². The Hall–Kier alpha value is -1.21. The summed E-state index contributed by atoms with van der Waals surface area (Å²) in [7, 11) is -3.23. The lowest BCUT2D eigenvalue weighted by molar-refractivity contribution is 0.103. The molecule has 0 fully saturated rings. The van der Waals surface area contributed by atoms with E-state index in [1.54, 1.807) is 12.1 Å². The van der Waals surface area contributed by atoms with Crippen molar-refractivity contribution in [2.75, 3.05) is 6.26 Å². The van der Waals surface area contributed by atoms with Crippen LogP contribution in [0, 0.1) is 3.57 Å². The molecule has 0 saturated heterocycles. The molecule has 2 aromatic rings. The van der Waals surface area contributed by atoms with Crippen LogP contribution < -0.4 is 0 Å². The van der Waals surface area contributed by atoms with Gasteiger partial charge in [-0.2, -0.15) is 0 Å². The number of hydrogen-bond donors (Lipinski definition) is 0. The quantitative estimate of drug-likeness (QED) is 0.602. The molecule has 0 aromatic heterocycles. The summed E-state index contributed by atoms with van der Waals surface area (Å²) in [4.78, 5) is 12.4. The van der Waals surface area contributed by atoms with Gasteiger partial charge < -0.3 is 0 Å². The first kappa shape index (κ1) is 14.2. The molecule has 0 atom stereocenters. The Balaban J connectivity index is 2.32. The number of halogens is 1. The Morgan fingerprint density at radius 3 is 1.74 bits per heavy atom. The zero-order chi connectivity index (χ0) is 14.0. The molecule has 0 aliphatic rings. The van der Waals surface area contributed by atoms with Gasteiger partial charge in [0.2, 0.25) is 0 Å². The van der Waals surface area contributed by atoms with E-state index in [2.05, 4.69) is 22.6 Å². The minimum Gasteiger partial charge on any atom is -0.289 e. The van der Waals surface area contributed by atoms with E-state index in [0.29, 0.717) is 11.1 Å². The first-order valence-electron chi connectivity index (χ1n) is 5.48. The van der Waals surface area contributed by atoms with Crippen molar-refractivity contribution in [2.24, 2.45) is 0 Å². The molecule has 0 bridgehead atoms. The van der Waals surface area contributed by atoms with Crippen LogP contribution in [0.5, 0.6) is 0 Å². The van der Waals surface area contributed by atoms with Crippen molar-refractivity contribution in [1.82, 2.24) is 0 Å². The summed E-state index contributed by atoms with van der Waals surface area (Å²) in [6.45, 7) is 0. The molecule has 0 spiro atoms. The third-order valence-electron chi connectivity index (χ3n) is 2.65. The van der Waals surface area contributed by atoms with E-state index in [1.165, 1.54) is 24.3 Å². The third-order valence-corrected chi connectivity index (χ3v) is 4.50. The first-order valence-corrected chi connectivity index (χ1v) is 8.45. The Labute approximate surface area is 125 Å². The van der Waals surface area contributed by atoms with E-state index in [-0.39, 0.29) is 10.7 Å². The number of hydrogen-bond acceptors (Lipinski definition) is 3. The molecule has 0 radical (unpaired) electrons. The van der Waals surface area contributed by atoms with Crippen LogP contribution in [0.2, 0.25) is 0 Å². The Morgan fingerprint density at radius 2 is 1.32 bits per heavy atom. The topological polar surface area (TPSA) is 51.2 Å². The number of carbonyl (C=O) groups is 1. The predicted octanol–water partition coefficient (Wildman–Crippen LogP) is 2.93. The van der Waals surface area contributed by atoms with Gasteiger partial charge in [-0.25, -0.2) is 8.42 Å². The first-order chi connectivity index (χ1) is 8.88. The summed E-state index contributed by atoms with van der Waals surface area (Å²) >= 11 is 2.17. The van der Waals surface area contributed by atoms with Crippen molar-refractivity contribution in [3.8, 4) is 0 Å². The summed E-state index contributed by atoms with van der Waals surface area (Å²) in [6, 6.07) is 13.2. The van der Waals surface area contributed by atoms with E-state index in [1.807, 2.05) is 12.1 Å². The fourth-order valence-corrected chi connectivity index (χ4v) is 2.61. The lowest BCUT2D eigenvalue weighted by Crippen LogP contribution is -2.03. The summed E-state index contributed by atoms with van der Waals surface area (Å²) in [5.41, 5.74) is 1.07. The maximum absolute atomic E-state index is 12.2. The molecule has 0 heterocycles. The van der Waals surface area contributed by atoms with E-state index in [4.69, 9.17) is 0 Å². The molecule has 0 amide bonds. The fourth-order valence-electron chi connectivity index (χ4n) is 1.62. The van der Waals surface area contributed by atoms with Crippen LogP contribution in [0.4, 0.5) is 0 Å². The van der Waals surface area contributed by atoms with Crippen LogP contribution in [0.25, 0.3) is 0 Å². The van der Waals surface area contributed by atoms with Gasteiger partial charge in [0.15, 0.2) is 15.6 Å². The van der Waals surface area contributed by atoms with Gasteiger partial charge in [0.25, 0.3) is 0 Å². The zero-order valence-electron chi connectivity index (χ0n) is 10.1. The Bertz CT molecular complexity index is 701. The molecule has 0 unspecified atom stereocenters. The normalized spacial score (nSPS) is 11.3. The van der Waals surface area contributed by atoms with Gasteiger partial charge in [0.05, 0.1) is 4.90 Å². The lowest BCUT2D eigenvalue weighted by atomic mass is 10.0. The van der Waals surface area contributed by atoms with Crippen LogP contribution in [-0.4, -0.2) is 20.5 Å². The predicted molar refractivity (Wildman–Crippen MR) is 82.1 cm³/mol. The van der Waals surface area contributed by atoms with Gasteiger partial charge in [-0.05, 0) is 71.1 Å². The second-order valence-corrected chi connectivity index (χ2v) is 7.39. The summed E-state index contributed by atoms with van der Waals surface area (Å²) < 4.78 is 23.7. The van der Waals surface area contributed by atoms with Crippen LogP contribution in [0.15, 0.2) is 53.4 Å². The van der Waals surface area contributed by atoms with Crippen molar-refractivity contribution in [1.29, 1.82) is 0 Å². The molecular weight excluding hydrogens is 375 g/mol. The standard InChI is InChI=1S/C14H11IO3S/c1-19(17,18)13-8-4-11(5-9-13)14(16)10-2-6-12(15)7-3-10/h2-9H,1H3. The molecule has 2 rings (SSSR count). The van der Waals surface area contributed by atoms with Gasteiger partial charge in [0, 0.05) is 21.0 Å². The molecule has 0 aliphatic carbocycles. The van der Waals surface area contributed by atoms with Gasteiger partial charge in [-0.15, -0.1) is 0 Å². The number of sulfone groups is 1. The van der Waals surface area contributed by atoms with E-state index in [9.17, 15) is 13.2 Å². The highest BCUT2D eigenvalue weighted by Gasteiger charge is 2.11. The molecule has 19 heavy (non-hydrogen) atoms. The fraction of sp³-hybridized carbons (Fsp3) is 0.0714. The smallest absolute Gasteiger partial charge is 0.193 e. The molecule has 0 aliphatic heterocycles. The minimum atomic E-state index is -3.23. The molecule has 5 heteroatoms. The highest BCUT2D eigenvalue weighted by atomic mass is 127. The van der Waals surface area contributed by atoms with E-state index in [0.717, 1.165) is 9.83 Å². The van der Waals surface area contributed by atoms with E-state index < -0.39 is 9.84 Å². The summed E-state index contributed by atoms with van der Waals surface area (Å²) in [5, 5.41) is 0. The van der Waals surface area contributed by atoms with Crippen LogP contribution in [0.1, 0.15) is 15.9 Å². The van der Waals surface area contributed by atoms with Gasteiger partial charge in [0.1, 0.15) is 0 Å². The molecular formula is C14H11IO3S. The average molecular weight is 386 g/mol. The van der Waals surface area contributed by atoms with Gasteiger partial charge in [-0.1, -0.05) is 0 Å². The van der Waals surface area contributed by atoms with E-state index >= 15 is 0 Å². The number of benzene rings is 2. The Kier molecular flexibility index (Phi) is 4.05. The second kappa shape index (κ2) is 5.42. The monoisotopic (exact) mass is 386 g/mol. The molecule has 0 saturated carbocycles. The van der Waals surface area contributed by atoms with Crippen LogP contribution in [-0.2, 0) is 9.84 Å². The number of rotatable bonds is 3. The largest absolute Gasteiger partial charge is 0.289 e. The van der Waals surface area contributed by atoms with Crippen molar-refractivity contribution in [3.05, 3.63) is 63.2 Å². The van der Waals surface area contributed by atoms with Gasteiger partial charge >= 0.3 is 0 Å². The second-order valence-electron chi connectivity index (χ2n) is 4.13. The summed E-state index contributed by atoms with van der Waals surface area (Å²) in [6.07, 6.45) is 1.14. The summed E-state index contributed by atoms with van der Waals surface area (Å²) in [5.74, 6) is -0.114. The molecule has 3 nitrogen and oxygen atoms in total. The lowest BCUT2D eigenvalue weighted by Gasteiger charge is -2.03. The van der Waals surface area contributed by atoms with Crippen LogP contribution in [0.3, 0.4) is 0 Å². The van der Waals surface area contributed by atoms with Gasteiger partial charge in [-0.3, -0.25) is 4.79 Å². The average Bonchev–Trinajstić information content (AvgIpc) is 2.38. The highest BCUT2D eigenvalue weighted by Crippen LogP contribution is 2.15. The minimum absolute atomic E-state index is 0.114. The number of ketones is 1.